The molecule has 1 aliphatic rings. The summed E-state index contributed by atoms with van der Waals surface area (Å²) in [6.07, 6.45) is 2.10. The Hall–Kier alpha value is -3.85. The molecule has 41 heavy (non-hydrogen) atoms. The van der Waals surface area contributed by atoms with E-state index in [9.17, 15) is 14.3 Å². The van der Waals surface area contributed by atoms with Crippen molar-refractivity contribution in [1.82, 2.24) is 14.5 Å². The topological polar surface area (TPSA) is 145 Å². The summed E-state index contributed by atoms with van der Waals surface area (Å²) < 4.78 is 19.0. The Kier molecular flexibility index (Phi) is 12.4. The van der Waals surface area contributed by atoms with Crippen LogP contribution in [0.2, 0.25) is 0 Å². The molecular formula is C31H39FN4O5. The van der Waals surface area contributed by atoms with Crippen molar-refractivity contribution in [2.75, 3.05) is 25.9 Å². The van der Waals surface area contributed by atoms with Crippen LogP contribution in [0.1, 0.15) is 32.6 Å². The molecule has 0 saturated carbocycles. The van der Waals surface area contributed by atoms with Crippen molar-refractivity contribution >= 4 is 16.6 Å². The lowest BCUT2D eigenvalue weighted by Gasteiger charge is -2.15. The number of aliphatic hydroxyl groups is 2. The van der Waals surface area contributed by atoms with Gasteiger partial charge in [0.25, 0.3) is 0 Å². The summed E-state index contributed by atoms with van der Waals surface area (Å²) in [4.78, 5) is 17.4. The van der Waals surface area contributed by atoms with Gasteiger partial charge in [-0.1, -0.05) is 60.4 Å². The van der Waals surface area contributed by atoms with Crippen molar-refractivity contribution in [3.8, 4) is 11.8 Å². The minimum atomic E-state index is -1.31. The monoisotopic (exact) mass is 566 g/mol. The number of halogens is 1. The molecule has 3 aromatic rings. The van der Waals surface area contributed by atoms with Gasteiger partial charge in [-0.25, -0.2) is 9.18 Å². The maximum atomic E-state index is 12.8. The van der Waals surface area contributed by atoms with Crippen molar-refractivity contribution in [3.05, 3.63) is 94.8 Å². The van der Waals surface area contributed by atoms with Crippen LogP contribution < -0.4 is 11.4 Å². The number of nitrogens with zero attached hydrogens (tertiary/aromatic N) is 3. The van der Waals surface area contributed by atoms with Crippen LogP contribution in [-0.2, 0) is 11.3 Å². The number of hydrogen-bond acceptors (Lipinski definition) is 7. The van der Waals surface area contributed by atoms with Crippen LogP contribution in [0.3, 0.4) is 0 Å². The fourth-order valence-electron chi connectivity index (χ4n) is 4.11. The first-order chi connectivity index (χ1) is 19.0. The first-order valence-corrected chi connectivity index (χ1v) is 13.0. The van der Waals surface area contributed by atoms with E-state index < -0.39 is 30.7 Å². The summed E-state index contributed by atoms with van der Waals surface area (Å²) >= 11 is 0. The fourth-order valence-corrected chi connectivity index (χ4v) is 4.11. The lowest BCUT2D eigenvalue weighted by Crippen LogP contribution is -2.28. The number of ether oxygens (including phenoxy) is 1. The number of allylic oxidation sites excluding steroid dienone is 1. The van der Waals surface area contributed by atoms with Crippen molar-refractivity contribution in [2.45, 2.75) is 45.8 Å². The van der Waals surface area contributed by atoms with E-state index in [1.54, 1.807) is 0 Å². The van der Waals surface area contributed by atoms with Crippen molar-refractivity contribution in [3.63, 3.8) is 0 Å². The van der Waals surface area contributed by atoms with Gasteiger partial charge in [0.2, 0.25) is 0 Å². The largest absolute Gasteiger partial charge is 0.412 e. The van der Waals surface area contributed by atoms with E-state index in [1.165, 1.54) is 28.6 Å². The van der Waals surface area contributed by atoms with Crippen LogP contribution in [0, 0.1) is 17.3 Å². The molecule has 10 heteroatoms. The number of fused-ring (bicyclic) bond motifs is 1. The molecule has 9 nitrogen and oxygen atoms in total. The van der Waals surface area contributed by atoms with Gasteiger partial charge in [-0.05, 0) is 56.3 Å². The van der Waals surface area contributed by atoms with Crippen molar-refractivity contribution in [2.24, 2.45) is 5.41 Å². The predicted octanol–water partition coefficient (Wildman–Crippen LogP) is 2.98. The van der Waals surface area contributed by atoms with E-state index in [0.717, 1.165) is 17.7 Å². The van der Waals surface area contributed by atoms with E-state index in [1.807, 2.05) is 6.08 Å². The number of aliphatic hydroxyl groups excluding tert-OH is 2. The second-order valence-corrected chi connectivity index (χ2v) is 10.6. The molecule has 2 aromatic carbocycles. The van der Waals surface area contributed by atoms with E-state index in [4.69, 9.17) is 15.6 Å². The molecule has 1 aromatic heterocycles. The summed E-state index contributed by atoms with van der Waals surface area (Å²) in [6.45, 7) is 7.73. The molecule has 1 fully saturated rings. The zero-order valence-corrected chi connectivity index (χ0v) is 23.8. The summed E-state index contributed by atoms with van der Waals surface area (Å²) in [5.74, 6) is 6.36. The fraction of sp³-hybridized carbons (Fsp3) is 0.355. The summed E-state index contributed by atoms with van der Waals surface area (Å²) in [6, 6.07) is 16.4. The van der Waals surface area contributed by atoms with E-state index >= 15 is 0 Å². The van der Waals surface area contributed by atoms with Gasteiger partial charge < -0.3 is 26.2 Å². The second-order valence-electron chi connectivity index (χ2n) is 10.6. The Morgan fingerprint density at radius 1 is 1.20 bits per heavy atom. The smallest absolute Gasteiger partial charge is 0.351 e. The van der Waals surface area contributed by atoms with Crippen LogP contribution in [0.5, 0.6) is 0 Å². The SMILES string of the molecule is CN(C/C=C/C#CC(C)(C)C)Cc1cccc2ccccc12.Nc1ccn([C@@H]2O[C@H](CO)[C@@H](O)/C2=C/F)c(=O)n1.O. The molecule has 0 radical (unpaired) electrons. The van der Waals surface area contributed by atoms with Gasteiger partial charge in [0.15, 0.2) is 6.23 Å². The van der Waals surface area contributed by atoms with Crippen LogP contribution >= 0.6 is 0 Å². The highest BCUT2D eigenvalue weighted by molar-refractivity contribution is 5.85. The minimum absolute atomic E-state index is 0. The Balaban J connectivity index is 0.000000285. The molecule has 6 N–H and O–H groups in total. The number of hydrogen-bond donors (Lipinski definition) is 3. The van der Waals surface area contributed by atoms with Gasteiger partial charge in [-0.3, -0.25) is 9.47 Å². The number of rotatable bonds is 6. The third kappa shape index (κ3) is 9.35. The zero-order valence-electron chi connectivity index (χ0n) is 23.8. The van der Waals surface area contributed by atoms with Gasteiger partial charge in [-0.15, -0.1) is 0 Å². The standard InChI is InChI=1S/C21H25N.C10H12FN3O4.H2O/c1-21(2,3)15-8-5-9-16-22(4)17-19-13-10-12-18-11-6-7-14-20(18)19;11-3-5-8(16)6(4-15)18-9(5)14-2-1-7(12)13-10(14)17;/h5-7,9-14H,16-17H2,1-4H3;1-3,6,8-9,15-16H,4H2,(H2,12,13,17);1H2/b9-5+;5-3-;/t;6-,8+,9-;/m.1./s1. The molecule has 0 bridgehead atoms. The average Bonchev–Trinajstić information content (AvgIpc) is 3.23. The number of nitrogen functional groups attached to an aromatic ring is 1. The van der Waals surface area contributed by atoms with Gasteiger partial charge in [0.1, 0.15) is 18.0 Å². The molecule has 2 heterocycles. The first kappa shape index (κ1) is 33.4. The van der Waals surface area contributed by atoms with Gasteiger partial charge in [0, 0.05) is 30.3 Å². The van der Waals surface area contributed by atoms with Crippen LogP contribution in [0.4, 0.5) is 10.2 Å². The molecule has 1 aliphatic heterocycles. The minimum Gasteiger partial charge on any atom is -0.412 e. The van der Waals surface area contributed by atoms with Crippen molar-refractivity contribution in [1.29, 1.82) is 0 Å². The molecule has 3 atom stereocenters. The number of aromatic nitrogens is 2. The molecular weight excluding hydrogens is 527 g/mol. The van der Waals surface area contributed by atoms with Crippen LogP contribution in [0.25, 0.3) is 10.8 Å². The third-order valence-electron chi connectivity index (χ3n) is 6.08. The molecule has 0 spiro atoms. The Bertz CT molecular complexity index is 1460. The van der Waals surface area contributed by atoms with Crippen LogP contribution in [0.15, 0.2) is 83.6 Å². The maximum absolute atomic E-state index is 12.8. The number of likely N-dealkylation sites (N-methyl/N-ethyl adjacent to an activating group) is 1. The molecule has 0 unspecified atom stereocenters. The average molecular weight is 567 g/mol. The maximum Gasteiger partial charge on any atom is 0.351 e. The Labute approximate surface area is 239 Å². The van der Waals surface area contributed by atoms with Gasteiger partial charge in [-0.2, -0.15) is 4.98 Å². The molecule has 0 aliphatic carbocycles. The Morgan fingerprint density at radius 3 is 2.56 bits per heavy atom. The van der Waals surface area contributed by atoms with Gasteiger partial charge >= 0.3 is 5.69 Å². The molecule has 4 rings (SSSR count). The molecule has 220 valence electrons. The highest BCUT2D eigenvalue weighted by Gasteiger charge is 2.40. The highest BCUT2D eigenvalue weighted by atomic mass is 19.1. The van der Waals surface area contributed by atoms with E-state index in [0.29, 0.717) is 0 Å². The highest BCUT2D eigenvalue weighted by Crippen LogP contribution is 2.33. The summed E-state index contributed by atoms with van der Waals surface area (Å²) in [5, 5.41) is 21.3. The van der Waals surface area contributed by atoms with Crippen molar-refractivity contribution < 1.29 is 24.8 Å². The quantitative estimate of drug-likeness (QED) is 0.389. The van der Waals surface area contributed by atoms with E-state index in [2.05, 4.69) is 98.1 Å². The predicted molar refractivity (Wildman–Crippen MR) is 159 cm³/mol. The van der Waals surface area contributed by atoms with Gasteiger partial charge in [0.05, 0.1) is 12.9 Å². The second kappa shape index (κ2) is 15.2. The number of nitrogens with two attached hydrogens (primary N) is 1. The zero-order chi connectivity index (χ0) is 29.3. The Morgan fingerprint density at radius 2 is 1.90 bits per heavy atom. The summed E-state index contributed by atoms with van der Waals surface area (Å²) in [5.41, 5.74) is 5.89. The third-order valence-corrected chi connectivity index (χ3v) is 6.08. The lowest BCUT2D eigenvalue weighted by atomic mass is 9.98. The first-order valence-electron chi connectivity index (χ1n) is 13.0. The molecule has 0 amide bonds. The number of anilines is 1. The molecule has 1 saturated heterocycles. The van der Waals surface area contributed by atoms with Crippen LogP contribution in [-0.4, -0.2) is 62.5 Å². The lowest BCUT2D eigenvalue weighted by molar-refractivity contribution is -0.0447. The van der Waals surface area contributed by atoms with E-state index in [-0.39, 0.29) is 28.6 Å². The summed E-state index contributed by atoms with van der Waals surface area (Å²) in [7, 11) is 2.14. The normalized spacial score (nSPS) is 19.5. The number of benzene rings is 2.